The molecule has 7 nitrogen and oxygen atoms in total. The highest BCUT2D eigenvalue weighted by Crippen LogP contribution is 2.32. The van der Waals surface area contributed by atoms with Crippen LogP contribution in [0.15, 0.2) is 30.6 Å². The number of carbonyl (C=O) groups excluding carboxylic acids is 2. The predicted octanol–water partition coefficient (Wildman–Crippen LogP) is 4.37. The Morgan fingerprint density at radius 2 is 1.86 bits per heavy atom. The number of nitrogens with zero attached hydrogens (tertiary/aromatic N) is 3. The van der Waals surface area contributed by atoms with Gasteiger partial charge in [-0.2, -0.15) is 18.3 Å². The number of anilines is 1. The number of aromatic nitrogens is 3. The molecule has 12 heteroatoms. The fraction of sp³-hybridized carbons (Fsp3) is 0.176. The van der Waals surface area contributed by atoms with Crippen LogP contribution >= 0.6 is 23.2 Å². The molecule has 0 aliphatic carbocycles. The Morgan fingerprint density at radius 1 is 1.21 bits per heavy atom. The van der Waals surface area contributed by atoms with Crippen LogP contribution in [-0.4, -0.2) is 26.5 Å². The standard InChI is InChI=1S/C17H11Cl2F3N4O3/c1-8(27)29-7-9-2-3-10(13-4-14(17(20,21)22)25-26(9)13)16(28)24-15-11(18)5-23-6-12(15)19/h2-6H,7H2,1H3,(H,23,24,28). The lowest BCUT2D eigenvalue weighted by Crippen LogP contribution is -2.15. The summed E-state index contributed by atoms with van der Waals surface area (Å²) in [7, 11) is 0. The third-order valence-electron chi connectivity index (χ3n) is 3.75. The number of nitrogens with one attached hydrogen (secondary N) is 1. The molecule has 0 aliphatic rings. The van der Waals surface area contributed by atoms with E-state index >= 15 is 0 Å². The van der Waals surface area contributed by atoms with Gasteiger partial charge in [-0.15, -0.1) is 0 Å². The summed E-state index contributed by atoms with van der Waals surface area (Å²) in [6.45, 7) is 0.833. The number of rotatable bonds is 4. The molecule has 0 spiro atoms. The highest BCUT2D eigenvalue weighted by atomic mass is 35.5. The minimum absolute atomic E-state index is 0.0536. The van der Waals surface area contributed by atoms with Gasteiger partial charge in [0.25, 0.3) is 5.91 Å². The Labute approximate surface area is 171 Å². The summed E-state index contributed by atoms with van der Waals surface area (Å²) in [4.78, 5) is 27.5. The lowest BCUT2D eigenvalue weighted by Gasteiger charge is -2.11. The first-order chi connectivity index (χ1) is 13.6. The number of hydrogen-bond acceptors (Lipinski definition) is 5. The van der Waals surface area contributed by atoms with E-state index in [4.69, 9.17) is 27.9 Å². The van der Waals surface area contributed by atoms with Crippen LogP contribution < -0.4 is 5.32 Å². The fourth-order valence-electron chi connectivity index (χ4n) is 2.45. The molecule has 0 aliphatic heterocycles. The van der Waals surface area contributed by atoms with Crippen LogP contribution in [0.4, 0.5) is 18.9 Å². The average Bonchev–Trinajstić information content (AvgIpc) is 3.08. The highest BCUT2D eigenvalue weighted by Gasteiger charge is 2.35. The van der Waals surface area contributed by atoms with Crippen LogP contribution in [0, 0.1) is 0 Å². The molecule has 152 valence electrons. The Balaban J connectivity index is 2.07. The third-order valence-corrected chi connectivity index (χ3v) is 4.32. The average molecular weight is 447 g/mol. The van der Waals surface area contributed by atoms with Gasteiger partial charge in [0.2, 0.25) is 0 Å². The van der Waals surface area contributed by atoms with Crippen LogP contribution in [-0.2, 0) is 22.3 Å². The van der Waals surface area contributed by atoms with Crippen LogP contribution in [0.2, 0.25) is 10.0 Å². The third kappa shape index (κ3) is 4.43. The highest BCUT2D eigenvalue weighted by molar-refractivity contribution is 6.39. The van der Waals surface area contributed by atoms with Crippen molar-refractivity contribution in [2.45, 2.75) is 19.7 Å². The summed E-state index contributed by atoms with van der Waals surface area (Å²) in [5.74, 6) is -1.39. The number of amides is 1. The molecule has 29 heavy (non-hydrogen) atoms. The molecule has 0 bridgehead atoms. The second-order valence-electron chi connectivity index (χ2n) is 5.78. The van der Waals surface area contributed by atoms with Gasteiger partial charge in [-0.05, 0) is 18.2 Å². The van der Waals surface area contributed by atoms with Gasteiger partial charge >= 0.3 is 12.1 Å². The maximum atomic E-state index is 13.2. The van der Waals surface area contributed by atoms with Crippen molar-refractivity contribution in [3.8, 4) is 0 Å². The van der Waals surface area contributed by atoms with Gasteiger partial charge in [0.05, 0.1) is 32.5 Å². The van der Waals surface area contributed by atoms with E-state index in [2.05, 4.69) is 15.4 Å². The molecule has 0 saturated carbocycles. The fourth-order valence-corrected chi connectivity index (χ4v) is 2.91. The molecule has 0 unspecified atom stereocenters. The molecule has 1 amide bonds. The van der Waals surface area contributed by atoms with Gasteiger partial charge in [0.1, 0.15) is 6.61 Å². The number of pyridine rings is 2. The topological polar surface area (TPSA) is 85.6 Å². The van der Waals surface area contributed by atoms with Crippen molar-refractivity contribution in [2.75, 3.05) is 5.32 Å². The summed E-state index contributed by atoms with van der Waals surface area (Å²) in [6.07, 6.45) is -2.24. The summed E-state index contributed by atoms with van der Waals surface area (Å²) in [6, 6.07) is 3.34. The number of esters is 1. The first-order valence-corrected chi connectivity index (χ1v) is 8.66. The SMILES string of the molecule is CC(=O)OCc1ccc(C(=O)Nc2c(Cl)cncc2Cl)c2cc(C(F)(F)F)nn12. The van der Waals surface area contributed by atoms with E-state index in [0.717, 1.165) is 17.5 Å². The Morgan fingerprint density at radius 3 is 2.45 bits per heavy atom. The van der Waals surface area contributed by atoms with E-state index < -0.39 is 23.7 Å². The Kier molecular flexibility index (Phi) is 5.67. The van der Waals surface area contributed by atoms with Crippen molar-refractivity contribution in [1.29, 1.82) is 0 Å². The lowest BCUT2D eigenvalue weighted by atomic mass is 10.1. The van der Waals surface area contributed by atoms with Crippen LogP contribution in [0.1, 0.15) is 28.7 Å². The Bertz CT molecular complexity index is 1090. The van der Waals surface area contributed by atoms with E-state index in [9.17, 15) is 22.8 Å². The quantitative estimate of drug-likeness (QED) is 0.601. The van der Waals surface area contributed by atoms with Gasteiger partial charge in [-0.3, -0.25) is 14.6 Å². The molecular weight excluding hydrogens is 436 g/mol. The van der Waals surface area contributed by atoms with E-state index in [1.165, 1.54) is 24.5 Å². The minimum atomic E-state index is -4.74. The zero-order valence-corrected chi connectivity index (χ0v) is 16.1. The largest absolute Gasteiger partial charge is 0.459 e. The zero-order chi connectivity index (χ0) is 21.3. The second-order valence-corrected chi connectivity index (χ2v) is 6.59. The normalized spacial score (nSPS) is 11.5. The molecule has 0 radical (unpaired) electrons. The number of ether oxygens (including phenoxy) is 1. The molecular formula is C17H11Cl2F3N4O3. The number of carbonyl (C=O) groups is 2. The molecule has 0 fully saturated rings. The van der Waals surface area contributed by atoms with Crippen molar-refractivity contribution in [1.82, 2.24) is 14.6 Å². The van der Waals surface area contributed by atoms with E-state index in [-0.39, 0.29) is 39.1 Å². The first kappa shape index (κ1) is 20.9. The van der Waals surface area contributed by atoms with Gasteiger partial charge in [0.15, 0.2) is 5.69 Å². The molecule has 0 saturated heterocycles. The van der Waals surface area contributed by atoms with Gasteiger partial charge < -0.3 is 10.1 Å². The molecule has 3 aromatic rings. The van der Waals surface area contributed by atoms with E-state index in [0.29, 0.717) is 0 Å². The van der Waals surface area contributed by atoms with Crippen molar-refractivity contribution < 1.29 is 27.5 Å². The minimum Gasteiger partial charge on any atom is -0.459 e. The van der Waals surface area contributed by atoms with Gasteiger partial charge in [0, 0.05) is 19.3 Å². The summed E-state index contributed by atoms with van der Waals surface area (Å²) in [5, 5.41) is 6.07. The Hall–Kier alpha value is -2.85. The van der Waals surface area contributed by atoms with E-state index in [1.54, 1.807) is 0 Å². The van der Waals surface area contributed by atoms with Crippen molar-refractivity contribution >= 4 is 46.3 Å². The summed E-state index contributed by atoms with van der Waals surface area (Å²) >= 11 is 11.9. The van der Waals surface area contributed by atoms with Crippen molar-refractivity contribution in [3.05, 3.63) is 57.6 Å². The van der Waals surface area contributed by atoms with Crippen LogP contribution in [0.3, 0.4) is 0 Å². The molecule has 3 rings (SSSR count). The molecule has 1 N–H and O–H groups in total. The van der Waals surface area contributed by atoms with Gasteiger partial charge in [-0.1, -0.05) is 23.2 Å². The molecule has 0 atom stereocenters. The maximum Gasteiger partial charge on any atom is 0.435 e. The monoisotopic (exact) mass is 446 g/mol. The number of alkyl halides is 3. The van der Waals surface area contributed by atoms with Crippen LogP contribution in [0.5, 0.6) is 0 Å². The number of hydrogen-bond donors (Lipinski definition) is 1. The number of fused-ring (bicyclic) bond motifs is 1. The van der Waals surface area contributed by atoms with Crippen molar-refractivity contribution in [2.24, 2.45) is 0 Å². The summed E-state index contributed by atoms with van der Waals surface area (Å²) in [5.41, 5.74) is -1.26. The summed E-state index contributed by atoms with van der Waals surface area (Å²) < 4.78 is 45.2. The van der Waals surface area contributed by atoms with Crippen molar-refractivity contribution in [3.63, 3.8) is 0 Å². The zero-order valence-electron chi connectivity index (χ0n) is 14.6. The molecule has 3 heterocycles. The van der Waals surface area contributed by atoms with Crippen LogP contribution in [0.25, 0.3) is 5.52 Å². The lowest BCUT2D eigenvalue weighted by molar-refractivity contribution is -0.143. The number of halogens is 5. The maximum absolute atomic E-state index is 13.2. The predicted molar refractivity (Wildman–Crippen MR) is 97.9 cm³/mol. The first-order valence-electron chi connectivity index (χ1n) is 7.90. The smallest absolute Gasteiger partial charge is 0.435 e. The second kappa shape index (κ2) is 7.88. The van der Waals surface area contributed by atoms with Gasteiger partial charge in [-0.25, -0.2) is 4.52 Å². The van der Waals surface area contributed by atoms with E-state index in [1.807, 2.05) is 0 Å². The molecule has 3 aromatic heterocycles. The molecule has 0 aromatic carbocycles.